The topological polar surface area (TPSA) is 40.5 Å². The molecule has 1 aromatic rings. The van der Waals surface area contributed by atoms with E-state index >= 15 is 0 Å². The van der Waals surface area contributed by atoms with Crippen molar-refractivity contribution in [3.63, 3.8) is 0 Å². The molecule has 2 heteroatoms. The lowest BCUT2D eigenvalue weighted by atomic mass is 9.72. The van der Waals surface area contributed by atoms with Gasteiger partial charge in [-0.2, -0.15) is 0 Å². The fraction of sp³-hybridized carbons (Fsp3) is 0.760. The Hall–Kier alpha value is -0.860. The second-order valence-electron chi connectivity index (χ2n) is 9.37. The van der Waals surface area contributed by atoms with Gasteiger partial charge in [-0.05, 0) is 66.9 Å². The molecular formula is C25H42O2. The lowest BCUT2D eigenvalue weighted by Crippen LogP contribution is -2.27. The number of unbranched alkanes of at least 4 members (excludes halogenated alkanes) is 4. The van der Waals surface area contributed by atoms with Crippen LogP contribution in [-0.2, 0) is 5.41 Å². The summed E-state index contributed by atoms with van der Waals surface area (Å²) in [7, 11) is 0. The molecule has 27 heavy (non-hydrogen) atoms. The SMILES string of the molecule is CCCCCCCC(C)(C)c1ccc([C@@H]2C[C@H](O)CC[C@H]2CCCO)cc1. The van der Waals surface area contributed by atoms with E-state index in [1.165, 1.54) is 49.7 Å². The van der Waals surface area contributed by atoms with Gasteiger partial charge in [0.05, 0.1) is 6.10 Å². The predicted octanol–water partition coefficient (Wildman–Crippen LogP) is 6.34. The molecule has 0 amide bonds. The molecule has 0 unspecified atom stereocenters. The number of hydrogen-bond acceptors (Lipinski definition) is 2. The van der Waals surface area contributed by atoms with Crippen LogP contribution < -0.4 is 0 Å². The second kappa shape index (κ2) is 11.2. The van der Waals surface area contributed by atoms with Crippen LogP contribution in [0.1, 0.15) is 108 Å². The van der Waals surface area contributed by atoms with Crippen molar-refractivity contribution in [2.75, 3.05) is 6.61 Å². The Kier molecular flexibility index (Phi) is 9.32. The zero-order valence-electron chi connectivity index (χ0n) is 17.9. The first-order chi connectivity index (χ1) is 13.0. The molecule has 0 aliphatic heterocycles. The molecule has 2 rings (SSSR count). The van der Waals surface area contributed by atoms with Gasteiger partial charge in [0.25, 0.3) is 0 Å². The minimum absolute atomic E-state index is 0.167. The van der Waals surface area contributed by atoms with E-state index in [-0.39, 0.29) is 18.1 Å². The van der Waals surface area contributed by atoms with Crippen molar-refractivity contribution < 1.29 is 10.2 Å². The molecule has 0 spiro atoms. The molecule has 0 saturated heterocycles. The van der Waals surface area contributed by atoms with E-state index in [4.69, 9.17) is 0 Å². The monoisotopic (exact) mass is 374 g/mol. The molecule has 1 aliphatic carbocycles. The van der Waals surface area contributed by atoms with Crippen molar-refractivity contribution in [3.05, 3.63) is 35.4 Å². The fourth-order valence-corrected chi connectivity index (χ4v) is 4.81. The summed E-state index contributed by atoms with van der Waals surface area (Å²) in [4.78, 5) is 0. The first-order valence-corrected chi connectivity index (χ1v) is 11.4. The van der Waals surface area contributed by atoms with Crippen LogP contribution in [-0.4, -0.2) is 22.9 Å². The van der Waals surface area contributed by atoms with E-state index in [0.29, 0.717) is 11.8 Å². The molecule has 1 aromatic carbocycles. The molecule has 0 aromatic heterocycles. The first kappa shape index (κ1) is 22.4. The van der Waals surface area contributed by atoms with Gasteiger partial charge in [0.1, 0.15) is 0 Å². The number of hydrogen-bond donors (Lipinski definition) is 2. The van der Waals surface area contributed by atoms with Gasteiger partial charge in [0.15, 0.2) is 0 Å². The third-order valence-electron chi connectivity index (χ3n) is 6.72. The van der Waals surface area contributed by atoms with Crippen molar-refractivity contribution in [3.8, 4) is 0 Å². The van der Waals surface area contributed by atoms with Gasteiger partial charge in [-0.3, -0.25) is 0 Å². The number of rotatable bonds is 11. The number of aliphatic hydroxyl groups is 2. The molecule has 154 valence electrons. The summed E-state index contributed by atoms with van der Waals surface area (Å²) in [5, 5.41) is 19.4. The van der Waals surface area contributed by atoms with E-state index < -0.39 is 0 Å². The highest BCUT2D eigenvalue weighted by atomic mass is 16.3. The molecule has 1 saturated carbocycles. The molecule has 0 radical (unpaired) electrons. The van der Waals surface area contributed by atoms with Crippen LogP contribution in [0.2, 0.25) is 0 Å². The minimum atomic E-state index is -0.167. The highest BCUT2D eigenvalue weighted by Gasteiger charge is 2.30. The van der Waals surface area contributed by atoms with Crippen molar-refractivity contribution >= 4 is 0 Å². The van der Waals surface area contributed by atoms with E-state index in [2.05, 4.69) is 45.0 Å². The molecule has 1 aliphatic rings. The predicted molar refractivity (Wildman–Crippen MR) is 115 cm³/mol. The minimum Gasteiger partial charge on any atom is -0.396 e. The van der Waals surface area contributed by atoms with Crippen molar-refractivity contribution in [2.45, 2.75) is 109 Å². The van der Waals surface area contributed by atoms with E-state index in [9.17, 15) is 10.2 Å². The fourth-order valence-electron chi connectivity index (χ4n) is 4.81. The second-order valence-corrected chi connectivity index (χ2v) is 9.37. The quantitative estimate of drug-likeness (QED) is 0.444. The Morgan fingerprint density at radius 1 is 0.963 bits per heavy atom. The Balaban J connectivity index is 1.99. The maximum Gasteiger partial charge on any atom is 0.0546 e. The van der Waals surface area contributed by atoms with Crippen LogP contribution in [0.25, 0.3) is 0 Å². The summed E-state index contributed by atoms with van der Waals surface area (Å²) in [5.41, 5.74) is 3.04. The Bertz CT molecular complexity index is 518. The van der Waals surface area contributed by atoms with Crippen molar-refractivity contribution in [2.24, 2.45) is 5.92 Å². The van der Waals surface area contributed by atoms with Gasteiger partial charge < -0.3 is 10.2 Å². The van der Waals surface area contributed by atoms with Crippen molar-refractivity contribution in [1.82, 2.24) is 0 Å². The number of benzene rings is 1. The molecule has 0 bridgehead atoms. The average Bonchev–Trinajstić information content (AvgIpc) is 2.67. The van der Waals surface area contributed by atoms with Crippen LogP contribution in [0.15, 0.2) is 24.3 Å². The van der Waals surface area contributed by atoms with E-state index in [0.717, 1.165) is 32.1 Å². The summed E-state index contributed by atoms with van der Waals surface area (Å²) >= 11 is 0. The molecular weight excluding hydrogens is 332 g/mol. The molecule has 3 atom stereocenters. The molecule has 1 fully saturated rings. The third-order valence-corrected chi connectivity index (χ3v) is 6.72. The Labute approximate surface area is 167 Å². The summed E-state index contributed by atoms with van der Waals surface area (Å²) in [6, 6.07) is 9.27. The number of aliphatic hydroxyl groups excluding tert-OH is 2. The summed E-state index contributed by atoms with van der Waals surface area (Å²) < 4.78 is 0. The summed E-state index contributed by atoms with van der Waals surface area (Å²) in [6.07, 6.45) is 12.6. The zero-order chi connectivity index (χ0) is 19.7. The van der Waals surface area contributed by atoms with Gasteiger partial charge in [0, 0.05) is 6.61 Å². The standard InChI is InChI=1S/C25H42O2/c1-4-5-6-7-8-17-25(2,3)22-14-11-21(12-15-22)24-19-23(27)16-13-20(24)10-9-18-26/h11-12,14-15,20,23-24,26-27H,4-10,13,16-19H2,1-3H3/t20-,23-,24-/m1/s1. The lowest BCUT2D eigenvalue weighted by molar-refractivity contribution is 0.0885. The summed E-state index contributed by atoms with van der Waals surface area (Å²) in [5.74, 6) is 1.03. The Morgan fingerprint density at radius 3 is 2.33 bits per heavy atom. The third kappa shape index (κ3) is 6.91. The Morgan fingerprint density at radius 2 is 1.67 bits per heavy atom. The summed E-state index contributed by atoms with van der Waals surface area (Å²) in [6.45, 7) is 7.29. The van der Waals surface area contributed by atoms with Crippen molar-refractivity contribution in [1.29, 1.82) is 0 Å². The molecule has 0 heterocycles. The highest BCUT2D eigenvalue weighted by Crippen LogP contribution is 2.41. The van der Waals surface area contributed by atoms with E-state index in [1.807, 2.05) is 0 Å². The van der Waals surface area contributed by atoms with Crippen LogP contribution in [0.3, 0.4) is 0 Å². The van der Waals surface area contributed by atoms with Gasteiger partial charge in [-0.25, -0.2) is 0 Å². The van der Waals surface area contributed by atoms with E-state index in [1.54, 1.807) is 0 Å². The largest absolute Gasteiger partial charge is 0.396 e. The first-order valence-electron chi connectivity index (χ1n) is 11.4. The lowest BCUT2D eigenvalue weighted by Gasteiger charge is -2.35. The highest BCUT2D eigenvalue weighted by molar-refractivity contribution is 5.30. The maximum absolute atomic E-state index is 10.2. The van der Waals surface area contributed by atoms with Gasteiger partial charge >= 0.3 is 0 Å². The smallest absolute Gasteiger partial charge is 0.0546 e. The van der Waals surface area contributed by atoms with Gasteiger partial charge in [-0.15, -0.1) is 0 Å². The van der Waals surface area contributed by atoms with Gasteiger partial charge in [0.2, 0.25) is 0 Å². The molecule has 2 nitrogen and oxygen atoms in total. The van der Waals surface area contributed by atoms with Crippen LogP contribution in [0, 0.1) is 5.92 Å². The van der Waals surface area contributed by atoms with Crippen LogP contribution >= 0.6 is 0 Å². The van der Waals surface area contributed by atoms with Crippen LogP contribution in [0.4, 0.5) is 0 Å². The van der Waals surface area contributed by atoms with Crippen LogP contribution in [0.5, 0.6) is 0 Å². The molecule has 2 N–H and O–H groups in total. The normalized spacial score (nSPS) is 23.5. The zero-order valence-corrected chi connectivity index (χ0v) is 17.9. The van der Waals surface area contributed by atoms with Gasteiger partial charge in [-0.1, -0.05) is 77.1 Å². The average molecular weight is 375 g/mol. The maximum atomic E-state index is 10.2.